The van der Waals surface area contributed by atoms with Crippen LogP contribution in [-0.2, 0) is 32.3 Å². The molecular weight excluding hydrogens is 623 g/mol. The fourth-order valence-corrected chi connectivity index (χ4v) is 3.44. The topological polar surface area (TPSA) is 201 Å². The maximum absolute atomic E-state index is 13.0. The van der Waals surface area contributed by atoms with Gasteiger partial charge in [-0.25, -0.2) is 0 Å². The maximum atomic E-state index is 13.0. The Morgan fingerprint density at radius 3 is 1.50 bits per heavy atom. The largest absolute Gasteiger partial charge is 3.00 e. The summed E-state index contributed by atoms with van der Waals surface area (Å²) in [5, 5.41) is 53.0. The van der Waals surface area contributed by atoms with Gasteiger partial charge in [-0.1, -0.05) is 30.3 Å². The minimum Gasteiger partial charge on any atom is -0.549 e. The molecule has 2 aromatic rings. The van der Waals surface area contributed by atoms with Gasteiger partial charge in [0.15, 0.2) is 5.78 Å². The summed E-state index contributed by atoms with van der Waals surface area (Å²) in [7, 11) is 0. The van der Waals surface area contributed by atoms with Crippen LogP contribution in [0.5, 0.6) is 5.75 Å². The van der Waals surface area contributed by atoms with Crippen molar-refractivity contribution in [2.45, 2.75) is 13.1 Å². The summed E-state index contributed by atoms with van der Waals surface area (Å²) in [6.45, 7) is -4.03. The molecule has 12 nitrogen and oxygen atoms in total. The molecule has 0 heterocycles. The number of aliphatic carboxylic acids is 4. The van der Waals surface area contributed by atoms with Crippen molar-refractivity contribution in [2.24, 2.45) is 0 Å². The minimum atomic E-state index is -1.59. The van der Waals surface area contributed by atoms with E-state index in [0.29, 0.717) is 0 Å². The zero-order valence-corrected chi connectivity index (χ0v) is 20.8. The SMILES string of the molecule is O=C([O-])CN(CC(=O)[O-])Cc1cc(C(=O)c2ccccc2)cc(CN(CC(=O)[O-])CC(=O)O)c1O.[Tb+3]. The van der Waals surface area contributed by atoms with E-state index in [2.05, 4.69) is 0 Å². The third kappa shape index (κ3) is 9.93. The number of phenols is 1. The molecule has 0 radical (unpaired) electrons. The molecule has 13 heteroatoms. The Bertz CT molecular complexity index is 1030. The van der Waals surface area contributed by atoms with Gasteiger partial charge in [-0.2, -0.15) is 0 Å². The molecule has 0 unspecified atom stereocenters. The number of hydrogen-bond donors (Lipinski definition) is 2. The molecule has 0 saturated carbocycles. The number of rotatable bonds is 14. The van der Waals surface area contributed by atoms with Crippen LogP contribution in [0.2, 0.25) is 0 Å². The number of hydrogen-bond acceptors (Lipinski definition) is 11. The van der Waals surface area contributed by atoms with Crippen LogP contribution < -0.4 is 15.3 Å². The Morgan fingerprint density at radius 1 is 0.694 bits per heavy atom. The van der Waals surface area contributed by atoms with Gasteiger partial charge >= 0.3 is 44.6 Å². The fraction of sp³-hybridized carbons (Fsp3) is 0.261. The number of carboxylic acid groups (broad SMARTS) is 4. The zero-order chi connectivity index (χ0) is 26.1. The monoisotopic (exact) mass is 644 g/mol. The molecule has 0 spiro atoms. The first kappa shape index (κ1) is 31.0. The molecule has 0 fully saturated rings. The predicted molar refractivity (Wildman–Crippen MR) is 111 cm³/mol. The van der Waals surface area contributed by atoms with E-state index >= 15 is 0 Å². The molecule has 2 N–H and O–H groups in total. The molecule has 0 amide bonds. The van der Waals surface area contributed by atoms with Gasteiger partial charge in [0.2, 0.25) is 0 Å². The summed E-state index contributed by atoms with van der Waals surface area (Å²) in [4.78, 5) is 59.1. The number of ketones is 1. The van der Waals surface area contributed by atoms with E-state index < -0.39 is 74.7 Å². The average Bonchev–Trinajstić information content (AvgIpc) is 2.74. The summed E-state index contributed by atoms with van der Waals surface area (Å²) in [6, 6.07) is 10.5. The van der Waals surface area contributed by atoms with E-state index in [1.54, 1.807) is 18.2 Å². The van der Waals surface area contributed by atoms with E-state index in [9.17, 15) is 44.4 Å². The molecular formula is C23H21N2O10Tb. The second-order valence-electron chi connectivity index (χ2n) is 7.64. The van der Waals surface area contributed by atoms with Gasteiger partial charge in [0.25, 0.3) is 0 Å². The van der Waals surface area contributed by atoms with Crippen LogP contribution in [0.25, 0.3) is 0 Å². The fourth-order valence-electron chi connectivity index (χ4n) is 3.44. The van der Waals surface area contributed by atoms with Crippen LogP contribution in [-0.4, -0.2) is 75.9 Å². The van der Waals surface area contributed by atoms with Crippen molar-refractivity contribution in [3.8, 4) is 5.75 Å². The zero-order valence-electron chi connectivity index (χ0n) is 18.7. The normalized spacial score (nSPS) is 10.6. The van der Waals surface area contributed by atoms with Gasteiger partial charge in [-0.3, -0.25) is 19.4 Å². The van der Waals surface area contributed by atoms with Crippen molar-refractivity contribution in [1.82, 2.24) is 9.80 Å². The second-order valence-corrected chi connectivity index (χ2v) is 7.64. The molecule has 0 aliphatic rings. The van der Waals surface area contributed by atoms with Gasteiger partial charge in [-0.05, 0) is 12.1 Å². The van der Waals surface area contributed by atoms with Gasteiger partial charge < -0.3 is 39.9 Å². The van der Waals surface area contributed by atoms with E-state index in [1.807, 2.05) is 0 Å². The molecule has 192 valence electrons. The second kappa shape index (κ2) is 14.5. The molecule has 2 aromatic carbocycles. The third-order valence-corrected chi connectivity index (χ3v) is 4.77. The summed E-state index contributed by atoms with van der Waals surface area (Å²) in [5.74, 6) is -7.10. The predicted octanol–water partition coefficient (Wildman–Crippen LogP) is -3.44. The minimum absolute atomic E-state index is 0. The van der Waals surface area contributed by atoms with Crippen molar-refractivity contribution < 1.29 is 88.1 Å². The van der Waals surface area contributed by atoms with Crippen LogP contribution in [0.3, 0.4) is 0 Å². The quantitative estimate of drug-likeness (QED) is 0.193. The van der Waals surface area contributed by atoms with Gasteiger partial charge in [0, 0.05) is 55.0 Å². The van der Waals surface area contributed by atoms with E-state index in [-0.39, 0.29) is 60.9 Å². The van der Waals surface area contributed by atoms with Crippen LogP contribution in [0, 0.1) is 38.6 Å². The first-order chi connectivity index (χ1) is 16.5. The first-order valence-electron chi connectivity index (χ1n) is 10.2. The van der Waals surface area contributed by atoms with Gasteiger partial charge in [0.05, 0.1) is 24.5 Å². The van der Waals surface area contributed by atoms with E-state index in [0.717, 1.165) is 9.80 Å². The van der Waals surface area contributed by atoms with Crippen molar-refractivity contribution in [1.29, 1.82) is 0 Å². The Hall–Kier alpha value is -3.00. The molecule has 36 heavy (non-hydrogen) atoms. The van der Waals surface area contributed by atoms with Crippen molar-refractivity contribution in [2.75, 3.05) is 26.2 Å². The number of phenolic OH excluding ortho intramolecular Hbond substituents is 1. The van der Waals surface area contributed by atoms with Crippen molar-refractivity contribution in [3.05, 3.63) is 64.7 Å². The molecule has 0 atom stereocenters. The molecule has 0 aromatic heterocycles. The molecule has 0 bridgehead atoms. The number of benzene rings is 2. The Morgan fingerprint density at radius 2 is 1.11 bits per heavy atom. The van der Waals surface area contributed by atoms with E-state index in [1.165, 1.54) is 24.3 Å². The van der Waals surface area contributed by atoms with Crippen molar-refractivity contribution >= 4 is 29.7 Å². The maximum Gasteiger partial charge on any atom is 3.00 e. The number of carboxylic acids is 4. The van der Waals surface area contributed by atoms with Gasteiger partial charge in [0.1, 0.15) is 5.75 Å². The first-order valence-corrected chi connectivity index (χ1v) is 10.2. The Balaban J connectivity index is 0.00000648. The summed E-state index contributed by atoms with van der Waals surface area (Å²) >= 11 is 0. The van der Waals surface area contributed by atoms with Crippen LogP contribution >= 0.6 is 0 Å². The summed E-state index contributed by atoms with van der Waals surface area (Å²) in [5.41, 5.74) is 0.206. The molecule has 2 rings (SSSR count). The average molecular weight is 644 g/mol. The third-order valence-electron chi connectivity index (χ3n) is 4.77. The number of carbonyl (C=O) groups excluding carboxylic acids is 4. The van der Waals surface area contributed by atoms with Crippen LogP contribution in [0.4, 0.5) is 0 Å². The summed E-state index contributed by atoms with van der Waals surface area (Å²) < 4.78 is 0. The number of nitrogens with zero attached hydrogens (tertiary/aromatic N) is 2. The molecule has 0 aliphatic carbocycles. The van der Waals surface area contributed by atoms with Crippen LogP contribution in [0.15, 0.2) is 42.5 Å². The Labute approximate surface area is 236 Å². The van der Waals surface area contributed by atoms with E-state index in [4.69, 9.17) is 5.11 Å². The smallest absolute Gasteiger partial charge is 0.549 e. The molecule has 0 saturated heterocycles. The number of carbonyl (C=O) groups is 5. The standard InChI is InChI=1S/C23H24N2O10.Tb/c26-18(27)10-24(11-19(28)29)8-16-6-15(22(34)14-4-2-1-3-5-14)7-17(23(16)35)9-25(12-20(30)31)13-21(32)33;/h1-7,35H,8-13H2,(H,26,27)(H,28,29)(H,30,31)(H,32,33);/q;+3/p-3. The van der Waals surface area contributed by atoms with Gasteiger partial charge in [-0.15, -0.1) is 0 Å². The Kier molecular flexibility index (Phi) is 12.5. The van der Waals surface area contributed by atoms with Crippen molar-refractivity contribution in [3.63, 3.8) is 0 Å². The number of aromatic hydroxyl groups is 1. The molecule has 0 aliphatic heterocycles. The summed E-state index contributed by atoms with van der Waals surface area (Å²) in [6.07, 6.45) is 0. The van der Waals surface area contributed by atoms with Crippen LogP contribution in [0.1, 0.15) is 27.0 Å².